The maximum absolute atomic E-state index is 12.2. The molecule has 2 nitrogen and oxygen atoms in total. The number of halogens is 3. The first-order valence-electron chi connectivity index (χ1n) is 3.88. The predicted molar refractivity (Wildman–Crippen MR) is 37.4 cm³/mol. The molecule has 0 saturated heterocycles. The molecule has 1 saturated carbocycles. The summed E-state index contributed by atoms with van der Waals surface area (Å²) in [6, 6.07) is 0. The van der Waals surface area contributed by atoms with Crippen molar-refractivity contribution in [1.29, 1.82) is 0 Å². The molecule has 1 fully saturated rings. The average molecular weight is 183 g/mol. The molecule has 72 valence electrons. The maximum Gasteiger partial charge on any atom is 0.418 e. The summed E-state index contributed by atoms with van der Waals surface area (Å²) < 4.78 is 36.5. The van der Waals surface area contributed by atoms with Crippen molar-refractivity contribution in [3.05, 3.63) is 0 Å². The first kappa shape index (κ1) is 9.80. The fourth-order valence-corrected chi connectivity index (χ4v) is 1.11. The van der Waals surface area contributed by atoms with Gasteiger partial charge in [-0.2, -0.15) is 13.2 Å². The van der Waals surface area contributed by atoms with Crippen molar-refractivity contribution >= 4 is 0 Å². The zero-order valence-electron chi connectivity index (χ0n) is 6.56. The van der Waals surface area contributed by atoms with E-state index in [0.717, 1.165) is 12.8 Å². The first-order valence-corrected chi connectivity index (χ1v) is 3.88. The molecule has 0 bridgehead atoms. The lowest BCUT2D eigenvalue weighted by molar-refractivity contribution is -0.259. The largest absolute Gasteiger partial charge is 0.418 e. The SMILES string of the molecule is NCC(O)(CC1CC1)C(F)(F)F. The first-order chi connectivity index (χ1) is 5.39. The van der Waals surface area contributed by atoms with Gasteiger partial charge in [-0.3, -0.25) is 0 Å². The van der Waals surface area contributed by atoms with Gasteiger partial charge in [-0.1, -0.05) is 12.8 Å². The number of alkyl halides is 3. The van der Waals surface area contributed by atoms with E-state index in [9.17, 15) is 13.2 Å². The number of hydrogen-bond donors (Lipinski definition) is 2. The molecule has 0 radical (unpaired) electrons. The molecule has 1 rings (SSSR count). The van der Waals surface area contributed by atoms with Crippen LogP contribution < -0.4 is 5.73 Å². The number of nitrogens with two attached hydrogens (primary N) is 1. The number of hydrogen-bond acceptors (Lipinski definition) is 2. The van der Waals surface area contributed by atoms with E-state index >= 15 is 0 Å². The van der Waals surface area contributed by atoms with Gasteiger partial charge in [-0.15, -0.1) is 0 Å². The van der Waals surface area contributed by atoms with Gasteiger partial charge in [0.05, 0.1) is 0 Å². The highest BCUT2D eigenvalue weighted by Gasteiger charge is 2.54. The summed E-state index contributed by atoms with van der Waals surface area (Å²) >= 11 is 0. The molecule has 0 aromatic carbocycles. The van der Waals surface area contributed by atoms with Crippen LogP contribution in [0.15, 0.2) is 0 Å². The molecular formula is C7H12F3NO. The summed E-state index contributed by atoms with van der Waals surface area (Å²) in [5, 5.41) is 9.12. The monoisotopic (exact) mass is 183 g/mol. The van der Waals surface area contributed by atoms with Crippen molar-refractivity contribution in [3.8, 4) is 0 Å². The van der Waals surface area contributed by atoms with Gasteiger partial charge >= 0.3 is 6.18 Å². The second-order valence-electron chi connectivity index (χ2n) is 3.38. The van der Waals surface area contributed by atoms with Gasteiger partial charge in [0, 0.05) is 6.54 Å². The lowest BCUT2D eigenvalue weighted by Gasteiger charge is -2.28. The highest BCUT2D eigenvalue weighted by atomic mass is 19.4. The second-order valence-corrected chi connectivity index (χ2v) is 3.38. The number of aliphatic hydroxyl groups is 1. The third-order valence-corrected chi connectivity index (χ3v) is 2.19. The van der Waals surface area contributed by atoms with Crippen molar-refractivity contribution in [2.45, 2.75) is 31.0 Å². The van der Waals surface area contributed by atoms with Gasteiger partial charge in [-0.05, 0) is 12.3 Å². The van der Waals surface area contributed by atoms with Gasteiger partial charge in [0.1, 0.15) is 0 Å². The Hall–Kier alpha value is -0.290. The fraction of sp³-hybridized carbons (Fsp3) is 1.00. The van der Waals surface area contributed by atoms with Crippen LogP contribution >= 0.6 is 0 Å². The Morgan fingerprint density at radius 2 is 1.83 bits per heavy atom. The van der Waals surface area contributed by atoms with Crippen molar-refractivity contribution in [2.24, 2.45) is 11.7 Å². The molecule has 0 aromatic rings. The molecule has 3 N–H and O–H groups in total. The van der Waals surface area contributed by atoms with Crippen LogP contribution in [0.3, 0.4) is 0 Å². The zero-order chi connectivity index (χ0) is 9.41. The van der Waals surface area contributed by atoms with Crippen LogP contribution in [-0.2, 0) is 0 Å². The van der Waals surface area contributed by atoms with E-state index in [1.807, 2.05) is 0 Å². The van der Waals surface area contributed by atoms with E-state index in [0.29, 0.717) is 0 Å². The third kappa shape index (κ3) is 1.90. The van der Waals surface area contributed by atoms with Crippen LogP contribution in [0.1, 0.15) is 19.3 Å². The summed E-state index contributed by atoms with van der Waals surface area (Å²) in [5.41, 5.74) is 2.24. The molecule has 0 spiro atoms. The Balaban J connectivity index is 2.59. The minimum Gasteiger partial charge on any atom is -0.379 e. The minimum absolute atomic E-state index is 0.0141. The van der Waals surface area contributed by atoms with Gasteiger partial charge in [0.2, 0.25) is 0 Å². The lowest BCUT2D eigenvalue weighted by atomic mass is 9.96. The maximum atomic E-state index is 12.2. The smallest absolute Gasteiger partial charge is 0.379 e. The van der Waals surface area contributed by atoms with Crippen LogP contribution in [0, 0.1) is 5.92 Å². The predicted octanol–water partition coefficient (Wildman–Crippen LogP) is 1.04. The van der Waals surface area contributed by atoms with Crippen molar-refractivity contribution < 1.29 is 18.3 Å². The molecule has 0 aliphatic heterocycles. The molecule has 0 heterocycles. The van der Waals surface area contributed by atoms with E-state index in [1.165, 1.54) is 0 Å². The summed E-state index contributed by atoms with van der Waals surface area (Å²) in [6.07, 6.45) is -3.28. The Labute approximate surface area is 68.6 Å². The Morgan fingerprint density at radius 3 is 2.08 bits per heavy atom. The molecule has 5 heteroatoms. The minimum atomic E-state index is -4.59. The van der Waals surface area contributed by atoms with E-state index in [2.05, 4.69) is 0 Å². The summed E-state index contributed by atoms with van der Waals surface area (Å²) in [5.74, 6) is 0.0141. The summed E-state index contributed by atoms with van der Waals surface area (Å²) in [7, 11) is 0. The van der Waals surface area contributed by atoms with Crippen LogP contribution in [0.4, 0.5) is 13.2 Å². The molecule has 0 aromatic heterocycles. The highest BCUT2D eigenvalue weighted by Crippen LogP contribution is 2.42. The Kier molecular flexibility index (Phi) is 2.35. The standard InChI is InChI=1S/C7H12F3NO/c8-7(9,10)6(12,4-11)3-5-1-2-5/h5,12H,1-4,11H2. The summed E-state index contributed by atoms with van der Waals surface area (Å²) in [6.45, 7) is -0.743. The van der Waals surface area contributed by atoms with Gasteiger partial charge in [-0.25, -0.2) is 0 Å². The van der Waals surface area contributed by atoms with Crippen molar-refractivity contribution in [1.82, 2.24) is 0 Å². The van der Waals surface area contributed by atoms with E-state index < -0.39 is 18.3 Å². The molecule has 1 atom stereocenters. The molecule has 0 amide bonds. The van der Waals surface area contributed by atoms with Crippen LogP contribution in [0.5, 0.6) is 0 Å². The van der Waals surface area contributed by atoms with E-state index in [1.54, 1.807) is 0 Å². The van der Waals surface area contributed by atoms with E-state index in [-0.39, 0.29) is 12.3 Å². The molecule has 1 unspecified atom stereocenters. The Bertz CT molecular complexity index is 167. The molecular weight excluding hydrogens is 171 g/mol. The number of rotatable bonds is 3. The van der Waals surface area contributed by atoms with Crippen LogP contribution in [0.25, 0.3) is 0 Å². The summed E-state index contributed by atoms with van der Waals surface area (Å²) in [4.78, 5) is 0. The third-order valence-electron chi connectivity index (χ3n) is 2.19. The Morgan fingerprint density at radius 1 is 1.33 bits per heavy atom. The topological polar surface area (TPSA) is 46.2 Å². The lowest BCUT2D eigenvalue weighted by Crippen LogP contribution is -2.51. The van der Waals surface area contributed by atoms with Crippen molar-refractivity contribution in [2.75, 3.05) is 6.54 Å². The quantitative estimate of drug-likeness (QED) is 0.686. The van der Waals surface area contributed by atoms with E-state index in [4.69, 9.17) is 10.8 Å². The van der Waals surface area contributed by atoms with Crippen molar-refractivity contribution in [3.63, 3.8) is 0 Å². The van der Waals surface area contributed by atoms with Crippen LogP contribution in [0.2, 0.25) is 0 Å². The molecule has 1 aliphatic carbocycles. The van der Waals surface area contributed by atoms with Gasteiger partial charge < -0.3 is 10.8 Å². The molecule has 1 aliphatic rings. The second kappa shape index (κ2) is 2.88. The van der Waals surface area contributed by atoms with Gasteiger partial charge in [0.15, 0.2) is 5.60 Å². The fourth-order valence-electron chi connectivity index (χ4n) is 1.11. The highest BCUT2D eigenvalue weighted by molar-refractivity contribution is 4.93. The van der Waals surface area contributed by atoms with Crippen LogP contribution in [-0.4, -0.2) is 23.4 Å². The van der Waals surface area contributed by atoms with Gasteiger partial charge in [0.25, 0.3) is 0 Å². The zero-order valence-corrected chi connectivity index (χ0v) is 6.56. The average Bonchev–Trinajstić information content (AvgIpc) is 2.69. The normalized spacial score (nSPS) is 23.8. The molecule has 12 heavy (non-hydrogen) atoms.